The fourth-order valence-electron chi connectivity index (χ4n) is 2.22. The van der Waals surface area contributed by atoms with E-state index in [-0.39, 0.29) is 16.6 Å². The van der Waals surface area contributed by atoms with Crippen LogP contribution < -0.4 is 4.74 Å². The first-order valence-corrected chi connectivity index (χ1v) is 6.68. The molecule has 0 amide bonds. The summed E-state index contributed by atoms with van der Waals surface area (Å²) in [4.78, 5) is 17.3. The Morgan fingerprint density at radius 1 is 1.58 bits per heavy atom. The number of likely N-dealkylation sites (tertiary alicyclic amines) is 1. The van der Waals surface area contributed by atoms with Gasteiger partial charge in [0, 0.05) is 6.04 Å². The number of ether oxygens (including phenoxy) is 1. The van der Waals surface area contributed by atoms with Crippen molar-refractivity contribution in [1.82, 2.24) is 9.88 Å². The Bertz CT molecular complexity index is 467. The van der Waals surface area contributed by atoms with E-state index in [1.807, 2.05) is 0 Å². The van der Waals surface area contributed by atoms with Crippen molar-refractivity contribution in [3.63, 3.8) is 0 Å². The van der Waals surface area contributed by atoms with Crippen molar-refractivity contribution in [2.75, 3.05) is 20.2 Å². The second-order valence-corrected chi connectivity index (χ2v) is 5.12. The van der Waals surface area contributed by atoms with Crippen LogP contribution in [0, 0.1) is 0 Å². The molecule has 5 nitrogen and oxygen atoms in total. The molecule has 104 valence electrons. The van der Waals surface area contributed by atoms with Crippen LogP contribution in [-0.2, 0) is 0 Å². The first-order chi connectivity index (χ1) is 9.08. The van der Waals surface area contributed by atoms with Crippen molar-refractivity contribution in [1.29, 1.82) is 0 Å². The smallest absolute Gasteiger partial charge is 0.341 e. The Hall–Kier alpha value is -1.33. The van der Waals surface area contributed by atoms with Crippen molar-refractivity contribution in [3.05, 3.63) is 22.8 Å². The molecule has 1 atom stereocenters. The summed E-state index contributed by atoms with van der Waals surface area (Å²) in [6, 6.07) is 3.17. The molecule has 1 aliphatic rings. The number of hydrogen-bond acceptors (Lipinski definition) is 4. The number of hydrogen-bond donors (Lipinski definition) is 1. The predicted octanol–water partition coefficient (Wildman–Crippen LogP) is 2.30. The average molecular weight is 285 g/mol. The SMILES string of the molecule is CN1CCCCC1COc1nc(Cl)ccc1C(=O)O. The van der Waals surface area contributed by atoms with Crippen molar-refractivity contribution in [3.8, 4) is 5.88 Å². The van der Waals surface area contributed by atoms with Gasteiger partial charge >= 0.3 is 5.97 Å². The number of aromatic carboxylic acids is 1. The topological polar surface area (TPSA) is 62.7 Å². The molecule has 1 aromatic rings. The molecule has 1 N–H and O–H groups in total. The van der Waals surface area contributed by atoms with Gasteiger partial charge in [-0.25, -0.2) is 9.78 Å². The molecule has 0 radical (unpaired) electrons. The number of pyridine rings is 1. The van der Waals surface area contributed by atoms with Gasteiger partial charge in [-0.2, -0.15) is 0 Å². The zero-order valence-corrected chi connectivity index (χ0v) is 11.6. The first kappa shape index (κ1) is 14.1. The van der Waals surface area contributed by atoms with Crippen LogP contribution in [0.4, 0.5) is 0 Å². The number of piperidine rings is 1. The molecular weight excluding hydrogens is 268 g/mol. The van der Waals surface area contributed by atoms with E-state index in [4.69, 9.17) is 21.4 Å². The van der Waals surface area contributed by atoms with Gasteiger partial charge < -0.3 is 14.7 Å². The number of likely N-dealkylation sites (N-methyl/N-ethyl adjacent to an activating group) is 1. The van der Waals surface area contributed by atoms with E-state index in [2.05, 4.69) is 16.9 Å². The second kappa shape index (κ2) is 6.21. The molecule has 0 aliphatic carbocycles. The third-order valence-corrected chi connectivity index (χ3v) is 3.60. The van der Waals surface area contributed by atoms with Gasteiger partial charge in [-0.05, 0) is 38.6 Å². The van der Waals surface area contributed by atoms with Crippen LogP contribution in [0.2, 0.25) is 5.15 Å². The lowest BCUT2D eigenvalue weighted by atomic mass is 10.0. The van der Waals surface area contributed by atoms with E-state index in [9.17, 15) is 4.79 Å². The summed E-state index contributed by atoms with van der Waals surface area (Å²) in [6.07, 6.45) is 3.43. The molecule has 1 fully saturated rings. The fourth-order valence-corrected chi connectivity index (χ4v) is 2.36. The molecule has 0 bridgehead atoms. The molecular formula is C13H17ClN2O3. The largest absolute Gasteiger partial charge is 0.477 e. The Labute approximate surface area is 117 Å². The number of halogens is 1. The molecule has 6 heteroatoms. The molecule has 2 rings (SSSR count). The van der Waals surface area contributed by atoms with Gasteiger partial charge in [0.15, 0.2) is 0 Å². The Morgan fingerprint density at radius 2 is 2.37 bits per heavy atom. The quantitative estimate of drug-likeness (QED) is 0.860. The summed E-state index contributed by atoms with van der Waals surface area (Å²) in [7, 11) is 2.05. The molecule has 1 unspecified atom stereocenters. The van der Waals surface area contributed by atoms with Crippen LogP contribution >= 0.6 is 11.6 Å². The van der Waals surface area contributed by atoms with Crippen molar-refractivity contribution >= 4 is 17.6 Å². The van der Waals surface area contributed by atoms with E-state index in [0.29, 0.717) is 12.6 Å². The number of carboxylic acids is 1. The Kier molecular flexibility index (Phi) is 4.61. The van der Waals surface area contributed by atoms with E-state index in [0.717, 1.165) is 13.0 Å². The van der Waals surface area contributed by atoms with Crippen LogP contribution in [0.1, 0.15) is 29.6 Å². The molecule has 1 aliphatic heterocycles. The summed E-state index contributed by atoms with van der Waals surface area (Å²) in [5.41, 5.74) is 0.0443. The van der Waals surface area contributed by atoms with E-state index in [1.165, 1.54) is 25.0 Å². The van der Waals surface area contributed by atoms with Crippen LogP contribution in [0.15, 0.2) is 12.1 Å². The highest BCUT2D eigenvalue weighted by atomic mass is 35.5. The standard InChI is InChI=1S/C13H17ClN2O3/c1-16-7-3-2-4-9(16)8-19-12-10(13(17)18)5-6-11(14)15-12/h5-6,9H,2-4,7-8H2,1H3,(H,17,18). The minimum atomic E-state index is -1.06. The molecule has 2 heterocycles. The molecule has 0 spiro atoms. The van der Waals surface area contributed by atoms with Crippen LogP contribution in [0.5, 0.6) is 5.88 Å². The van der Waals surface area contributed by atoms with Gasteiger partial charge in [0.25, 0.3) is 0 Å². The monoisotopic (exact) mass is 284 g/mol. The predicted molar refractivity (Wildman–Crippen MR) is 72.0 cm³/mol. The van der Waals surface area contributed by atoms with E-state index >= 15 is 0 Å². The molecule has 0 aromatic carbocycles. The van der Waals surface area contributed by atoms with E-state index < -0.39 is 5.97 Å². The summed E-state index contributed by atoms with van der Waals surface area (Å²) in [5, 5.41) is 9.31. The number of nitrogens with zero attached hydrogens (tertiary/aromatic N) is 2. The van der Waals surface area contributed by atoms with Crippen LogP contribution in [0.25, 0.3) is 0 Å². The average Bonchev–Trinajstić information content (AvgIpc) is 2.37. The lowest BCUT2D eigenvalue weighted by Gasteiger charge is -2.32. The highest BCUT2D eigenvalue weighted by Crippen LogP contribution is 2.21. The zero-order chi connectivity index (χ0) is 13.8. The summed E-state index contributed by atoms with van der Waals surface area (Å²) < 4.78 is 5.57. The van der Waals surface area contributed by atoms with Gasteiger partial charge in [0.1, 0.15) is 17.3 Å². The Morgan fingerprint density at radius 3 is 3.05 bits per heavy atom. The van der Waals surface area contributed by atoms with Crippen molar-refractivity contribution < 1.29 is 14.6 Å². The maximum Gasteiger partial charge on any atom is 0.341 e. The highest BCUT2D eigenvalue weighted by molar-refractivity contribution is 6.29. The number of carboxylic acid groups (broad SMARTS) is 1. The van der Waals surface area contributed by atoms with Gasteiger partial charge in [-0.15, -0.1) is 0 Å². The van der Waals surface area contributed by atoms with Crippen LogP contribution in [-0.4, -0.2) is 47.2 Å². The van der Waals surface area contributed by atoms with Crippen molar-refractivity contribution in [2.24, 2.45) is 0 Å². The van der Waals surface area contributed by atoms with Gasteiger partial charge in [-0.3, -0.25) is 0 Å². The molecule has 19 heavy (non-hydrogen) atoms. The third-order valence-electron chi connectivity index (χ3n) is 3.39. The summed E-state index contributed by atoms with van der Waals surface area (Å²) in [6.45, 7) is 1.48. The van der Waals surface area contributed by atoms with E-state index in [1.54, 1.807) is 0 Å². The number of aromatic nitrogens is 1. The van der Waals surface area contributed by atoms with Crippen molar-refractivity contribution in [2.45, 2.75) is 25.3 Å². The number of rotatable bonds is 4. The van der Waals surface area contributed by atoms with Crippen LogP contribution in [0.3, 0.4) is 0 Å². The Balaban J connectivity index is 2.05. The first-order valence-electron chi connectivity index (χ1n) is 6.31. The summed E-state index contributed by atoms with van der Waals surface area (Å²) in [5.74, 6) is -0.963. The lowest BCUT2D eigenvalue weighted by molar-refractivity contribution is 0.0686. The normalized spacial score (nSPS) is 20.2. The second-order valence-electron chi connectivity index (χ2n) is 4.73. The molecule has 0 saturated carbocycles. The zero-order valence-electron chi connectivity index (χ0n) is 10.8. The third kappa shape index (κ3) is 3.58. The van der Waals surface area contributed by atoms with Gasteiger partial charge in [0.2, 0.25) is 5.88 Å². The minimum absolute atomic E-state index is 0.0443. The molecule has 1 saturated heterocycles. The summed E-state index contributed by atoms with van der Waals surface area (Å²) >= 11 is 5.78. The fraction of sp³-hybridized carbons (Fsp3) is 0.538. The minimum Gasteiger partial charge on any atom is -0.477 e. The number of carbonyl (C=O) groups is 1. The maximum atomic E-state index is 11.1. The molecule has 1 aromatic heterocycles. The van der Waals surface area contributed by atoms with Gasteiger partial charge in [0.05, 0.1) is 0 Å². The lowest BCUT2D eigenvalue weighted by Crippen LogP contribution is -2.40. The maximum absolute atomic E-state index is 11.1. The highest BCUT2D eigenvalue weighted by Gasteiger charge is 2.21. The van der Waals surface area contributed by atoms with Gasteiger partial charge in [-0.1, -0.05) is 18.0 Å².